The van der Waals surface area contributed by atoms with Gasteiger partial charge in [0.15, 0.2) is 11.4 Å². The van der Waals surface area contributed by atoms with Crippen molar-refractivity contribution in [2.24, 2.45) is 0 Å². The van der Waals surface area contributed by atoms with Gasteiger partial charge in [-0.2, -0.15) is 5.10 Å². The number of hydrogen-bond acceptors (Lipinski definition) is 4. The normalized spacial score (nSPS) is 16.2. The fraction of sp³-hybridized carbons (Fsp3) is 0.136. The lowest BCUT2D eigenvalue weighted by atomic mass is 9.81. The molecule has 0 fully saturated rings. The number of carbonyl (C=O) groups excluding carboxylic acids is 1. The molecule has 1 aliphatic carbocycles. The highest BCUT2D eigenvalue weighted by Gasteiger charge is 2.31. The van der Waals surface area contributed by atoms with Gasteiger partial charge in [-0.15, -0.1) is 0 Å². The summed E-state index contributed by atoms with van der Waals surface area (Å²) in [6.07, 6.45) is 2.52. The molecule has 2 heterocycles. The van der Waals surface area contributed by atoms with E-state index in [1.165, 1.54) is 12.1 Å². The average Bonchev–Trinajstić information content (AvgIpc) is 3.12. The minimum absolute atomic E-state index is 0.00200. The number of nitrogens with zero attached hydrogens (tertiary/aromatic N) is 3. The van der Waals surface area contributed by atoms with Crippen molar-refractivity contribution in [3.63, 3.8) is 0 Å². The van der Waals surface area contributed by atoms with Crippen LogP contribution in [0.5, 0.6) is 0 Å². The van der Waals surface area contributed by atoms with Crippen LogP contribution in [0.25, 0.3) is 16.7 Å². The summed E-state index contributed by atoms with van der Waals surface area (Å²) in [5, 5.41) is 5.57. The number of benzene rings is 2. The zero-order chi connectivity index (χ0) is 20.1. The van der Waals surface area contributed by atoms with Crippen molar-refractivity contribution in [3.8, 4) is 5.69 Å². The summed E-state index contributed by atoms with van der Waals surface area (Å²) in [5.74, 6) is -0.395. The van der Waals surface area contributed by atoms with Crippen LogP contribution in [0, 0.1) is 5.82 Å². The first-order chi connectivity index (χ1) is 14.0. The fourth-order valence-electron chi connectivity index (χ4n) is 3.97. The maximum atomic E-state index is 13.7. The third kappa shape index (κ3) is 2.96. The van der Waals surface area contributed by atoms with Gasteiger partial charge in [-0.05, 0) is 48.2 Å². The van der Waals surface area contributed by atoms with Crippen LogP contribution in [0.4, 0.5) is 10.1 Å². The molecular formula is C22H16ClFN4O. The molecule has 2 aromatic carbocycles. The van der Waals surface area contributed by atoms with Gasteiger partial charge in [0.1, 0.15) is 5.82 Å². The quantitative estimate of drug-likeness (QED) is 0.523. The Hall–Kier alpha value is -3.25. The van der Waals surface area contributed by atoms with Crippen molar-refractivity contribution in [3.05, 3.63) is 82.4 Å². The van der Waals surface area contributed by atoms with Gasteiger partial charge in [-0.1, -0.05) is 29.8 Å². The summed E-state index contributed by atoms with van der Waals surface area (Å²) in [7, 11) is 0. The molecule has 0 saturated carbocycles. The molecule has 0 spiro atoms. The minimum Gasteiger partial charge on any atom is -0.397 e. The van der Waals surface area contributed by atoms with Crippen LogP contribution in [0.1, 0.15) is 34.0 Å². The molecule has 1 unspecified atom stereocenters. The van der Waals surface area contributed by atoms with Gasteiger partial charge >= 0.3 is 0 Å². The number of halogens is 2. The van der Waals surface area contributed by atoms with Crippen LogP contribution in [0.3, 0.4) is 0 Å². The number of nitrogens with two attached hydrogens (primary N) is 1. The Morgan fingerprint density at radius 1 is 1.14 bits per heavy atom. The zero-order valence-corrected chi connectivity index (χ0v) is 16.0. The summed E-state index contributed by atoms with van der Waals surface area (Å²) in [4.78, 5) is 17.6. The van der Waals surface area contributed by atoms with E-state index in [0.717, 1.165) is 5.56 Å². The van der Waals surface area contributed by atoms with Crippen LogP contribution >= 0.6 is 11.6 Å². The molecular weight excluding hydrogens is 391 g/mol. The number of rotatable bonds is 2. The number of hydrogen-bond donors (Lipinski definition) is 1. The van der Waals surface area contributed by atoms with E-state index in [-0.39, 0.29) is 17.5 Å². The number of fused-ring (bicyclic) bond motifs is 2. The standard InChI is InChI=1S/C22H16ClFN4O/c23-14-6-4-12(5-7-14)13-8-18-20(19(29)9-13)21(25)17-11-26-28(22(17)27-18)16-3-1-2-15(24)10-16/h1-7,10-11,13H,8-9H2,(H2,25,27). The van der Waals surface area contributed by atoms with Crippen molar-refractivity contribution >= 4 is 34.1 Å². The molecule has 2 N–H and O–H groups in total. The van der Waals surface area contributed by atoms with E-state index in [0.29, 0.717) is 51.5 Å². The number of aromatic nitrogens is 3. The number of ketones is 1. The molecule has 0 bridgehead atoms. The van der Waals surface area contributed by atoms with E-state index < -0.39 is 0 Å². The average molecular weight is 407 g/mol. The van der Waals surface area contributed by atoms with Crippen molar-refractivity contribution in [2.45, 2.75) is 18.8 Å². The summed E-state index contributed by atoms with van der Waals surface area (Å²) in [6.45, 7) is 0. The predicted octanol–water partition coefficient (Wildman–Crippen LogP) is 4.71. The Morgan fingerprint density at radius 2 is 1.93 bits per heavy atom. The molecule has 0 amide bonds. The molecule has 29 heavy (non-hydrogen) atoms. The zero-order valence-electron chi connectivity index (χ0n) is 15.3. The maximum Gasteiger partial charge on any atom is 0.167 e. The topological polar surface area (TPSA) is 73.8 Å². The smallest absolute Gasteiger partial charge is 0.167 e. The van der Waals surface area contributed by atoms with Crippen LogP contribution in [-0.2, 0) is 6.42 Å². The largest absolute Gasteiger partial charge is 0.397 e. The van der Waals surface area contributed by atoms with E-state index >= 15 is 0 Å². The Labute approximate surface area is 170 Å². The van der Waals surface area contributed by atoms with Crippen molar-refractivity contribution < 1.29 is 9.18 Å². The monoisotopic (exact) mass is 406 g/mol. The summed E-state index contributed by atoms with van der Waals surface area (Å²) in [6, 6.07) is 13.6. The lowest BCUT2D eigenvalue weighted by Crippen LogP contribution is -2.22. The number of carbonyl (C=O) groups is 1. The number of nitrogen functional groups attached to an aromatic ring is 1. The Balaban J connectivity index is 1.64. The van der Waals surface area contributed by atoms with Crippen LogP contribution in [-0.4, -0.2) is 20.5 Å². The second kappa shape index (κ2) is 6.67. The third-order valence-electron chi connectivity index (χ3n) is 5.38. The summed E-state index contributed by atoms with van der Waals surface area (Å²) in [5.41, 5.74) is 9.94. The van der Waals surface area contributed by atoms with Crippen molar-refractivity contribution in [2.75, 3.05) is 5.73 Å². The maximum absolute atomic E-state index is 13.7. The molecule has 7 heteroatoms. The fourth-order valence-corrected chi connectivity index (χ4v) is 4.10. The molecule has 2 aromatic heterocycles. The lowest BCUT2D eigenvalue weighted by molar-refractivity contribution is 0.0964. The van der Waals surface area contributed by atoms with Crippen LogP contribution < -0.4 is 5.73 Å². The first-order valence-corrected chi connectivity index (χ1v) is 9.60. The molecule has 144 valence electrons. The molecule has 1 aliphatic rings. The van der Waals surface area contributed by atoms with Crippen molar-refractivity contribution in [1.29, 1.82) is 0 Å². The predicted molar refractivity (Wildman–Crippen MR) is 110 cm³/mol. The molecule has 1 atom stereocenters. The third-order valence-corrected chi connectivity index (χ3v) is 5.63. The first-order valence-electron chi connectivity index (χ1n) is 9.22. The molecule has 0 saturated heterocycles. The van der Waals surface area contributed by atoms with E-state index in [2.05, 4.69) is 5.10 Å². The van der Waals surface area contributed by atoms with E-state index in [1.54, 1.807) is 23.0 Å². The van der Waals surface area contributed by atoms with Gasteiger partial charge in [0, 0.05) is 11.4 Å². The molecule has 0 aliphatic heterocycles. The van der Waals surface area contributed by atoms with Gasteiger partial charge in [0.25, 0.3) is 0 Å². The SMILES string of the molecule is Nc1c2c(nc3c1cnn3-c1cccc(F)c1)CC(c1ccc(Cl)cc1)CC2=O. The van der Waals surface area contributed by atoms with Gasteiger partial charge in [0.05, 0.1) is 34.2 Å². The first kappa shape index (κ1) is 17.8. The van der Waals surface area contributed by atoms with Gasteiger partial charge < -0.3 is 5.73 Å². The van der Waals surface area contributed by atoms with Gasteiger partial charge in [-0.25, -0.2) is 14.1 Å². The van der Waals surface area contributed by atoms with E-state index in [9.17, 15) is 9.18 Å². The minimum atomic E-state index is -0.366. The Kier molecular flexibility index (Phi) is 4.10. The van der Waals surface area contributed by atoms with E-state index in [1.807, 2.05) is 24.3 Å². The highest BCUT2D eigenvalue weighted by atomic mass is 35.5. The number of anilines is 1. The van der Waals surface area contributed by atoms with Crippen LogP contribution in [0.2, 0.25) is 5.02 Å². The Bertz CT molecular complexity index is 1270. The number of Topliss-reactive ketones (excluding diaryl/α,β-unsaturated/α-hetero) is 1. The summed E-state index contributed by atoms with van der Waals surface area (Å²) >= 11 is 5.99. The molecule has 0 radical (unpaired) electrons. The van der Waals surface area contributed by atoms with Crippen molar-refractivity contribution in [1.82, 2.24) is 14.8 Å². The highest BCUT2D eigenvalue weighted by molar-refractivity contribution is 6.30. The van der Waals surface area contributed by atoms with E-state index in [4.69, 9.17) is 22.3 Å². The van der Waals surface area contributed by atoms with Crippen LogP contribution in [0.15, 0.2) is 54.7 Å². The second-order valence-electron chi connectivity index (χ2n) is 7.20. The van der Waals surface area contributed by atoms with Gasteiger partial charge in [-0.3, -0.25) is 4.79 Å². The second-order valence-corrected chi connectivity index (χ2v) is 7.64. The molecule has 4 aromatic rings. The summed E-state index contributed by atoms with van der Waals surface area (Å²) < 4.78 is 15.2. The molecule has 5 nitrogen and oxygen atoms in total. The number of pyridine rings is 1. The highest BCUT2D eigenvalue weighted by Crippen LogP contribution is 2.37. The lowest BCUT2D eigenvalue weighted by Gasteiger charge is -2.24. The molecule has 5 rings (SSSR count). The van der Waals surface area contributed by atoms with Gasteiger partial charge in [0.2, 0.25) is 0 Å². The Morgan fingerprint density at radius 3 is 2.69 bits per heavy atom.